The van der Waals surface area contributed by atoms with Crippen LogP contribution >= 0.6 is 0 Å². The Hall–Kier alpha value is -1.25. The molecule has 1 aliphatic heterocycles. The molecule has 2 N–H and O–H groups in total. The first kappa shape index (κ1) is 3.72. The summed E-state index contributed by atoms with van der Waals surface area (Å²) in [5, 5.41) is 9.40. The molecule has 2 rings (SSSR count). The van der Waals surface area contributed by atoms with Crippen molar-refractivity contribution in [2.24, 2.45) is 0 Å². The maximum absolute atomic E-state index is 3.90. The molecule has 0 radical (unpaired) electrons. The molecule has 3 nitrogen and oxygen atoms in total. The van der Waals surface area contributed by atoms with Crippen LogP contribution in [0.4, 0.5) is 0 Å². The van der Waals surface area contributed by atoms with Gasteiger partial charge >= 0.3 is 0 Å². The third-order valence-corrected chi connectivity index (χ3v) is 1.16. The zero-order chi connectivity index (χ0) is 5.40. The summed E-state index contributed by atoms with van der Waals surface area (Å²) in [5.74, 6) is 0. The van der Waals surface area contributed by atoms with Crippen LogP contribution in [-0.2, 0) is 0 Å². The lowest BCUT2D eigenvalue weighted by molar-refractivity contribution is 0.951. The van der Waals surface area contributed by atoms with Crippen LogP contribution in [0.3, 0.4) is 0 Å². The molecule has 0 unspecified atom stereocenters. The van der Waals surface area contributed by atoms with E-state index in [1.54, 1.807) is 0 Å². The van der Waals surface area contributed by atoms with Gasteiger partial charge in [-0.3, -0.25) is 5.10 Å². The molecule has 0 saturated heterocycles. The number of hydrogen-bond donors (Lipinski definition) is 2. The van der Waals surface area contributed by atoms with Crippen LogP contribution in [0.25, 0.3) is 11.4 Å². The van der Waals surface area contributed by atoms with Crippen LogP contribution in [0.1, 0.15) is 0 Å². The highest BCUT2D eigenvalue weighted by Crippen LogP contribution is 2.14. The average Bonchev–Trinajstić information content (AvgIpc) is 2.15. The topological polar surface area (TPSA) is 44.5 Å². The zero-order valence-electron chi connectivity index (χ0n) is 4.18. The number of H-pyrrole nitrogens is 2. The molecular weight excluding hydrogens is 102 g/mol. The second kappa shape index (κ2) is 1.12. The molecule has 40 valence electrons. The molecule has 0 spiro atoms. The lowest BCUT2D eigenvalue weighted by atomic mass is 10.4. The summed E-state index contributed by atoms with van der Waals surface area (Å²) in [4.78, 5) is 0. The first-order chi connectivity index (χ1) is 3.97. The summed E-state index contributed by atoms with van der Waals surface area (Å²) in [6.07, 6.45) is 0. The van der Waals surface area contributed by atoms with Crippen LogP contribution in [0, 0.1) is 0 Å². The van der Waals surface area contributed by atoms with Crippen molar-refractivity contribution >= 4 is 0 Å². The van der Waals surface area contributed by atoms with Gasteiger partial charge < -0.3 is 0 Å². The van der Waals surface area contributed by atoms with Crippen molar-refractivity contribution in [1.29, 1.82) is 0 Å². The van der Waals surface area contributed by atoms with Gasteiger partial charge in [0, 0.05) is 0 Å². The quantitative estimate of drug-likeness (QED) is 0.514. The molecule has 0 bridgehead atoms. The predicted molar refractivity (Wildman–Crippen MR) is 29.6 cm³/mol. The van der Waals surface area contributed by atoms with Gasteiger partial charge in [-0.15, -0.1) is 0 Å². The van der Waals surface area contributed by atoms with Crippen LogP contribution in [-0.4, -0.2) is 15.4 Å². The molecule has 0 aromatic carbocycles. The van der Waals surface area contributed by atoms with Gasteiger partial charge in [0.05, 0.1) is 5.69 Å². The van der Waals surface area contributed by atoms with Crippen molar-refractivity contribution in [2.45, 2.75) is 0 Å². The zero-order valence-corrected chi connectivity index (χ0v) is 4.18. The minimum absolute atomic E-state index is 0.991. The van der Waals surface area contributed by atoms with E-state index in [-0.39, 0.29) is 0 Å². The van der Waals surface area contributed by atoms with Crippen LogP contribution in [0.5, 0.6) is 0 Å². The van der Waals surface area contributed by atoms with Gasteiger partial charge in [-0.05, 0) is 12.1 Å². The fourth-order valence-electron chi connectivity index (χ4n) is 0.762. The number of rotatable bonds is 0. The highest BCUT2D eigenvalue weighted by atomic mass is 15.3. The van der Waals surface area contributed by atoms with Crippen molar-refractivity contribution < 1.29 is 0 Å². The fourth-order valence-corrected chi connectivity index (χ4v) is 0.762. The van der Waals surface area contributed by atoms with Crippen molar-refractivity contribution in [3.05, 3.63) is 18.2 Å². The Balaban J connectivity index is 2.84. The van der Waals surface area contributed by atoms with Crippen LogP contribution in [0.2, 0.25) is 0 Å². The first-order valence-electron chi connectivity index (χ1n) is 2.44. The number of nitrogens with one attached hydrogen (secondary N) is 2. The minimum Gasteiger partial charge on any atom is -0.283 e. The van der Waals surface area contributed by atoms with Crippen LogP contribution in [0.15, 0.2) is 18.2 Å². The second-order valence-electron chi connectivity index (χ2n) is 1.67. The molecule has 0 saturated carbocycles. The molecular formula is C5H5N3. The summed E-state index contributed by atoms with van der Waals surface area (Å²) in [7, 11) is 0. The highest BCUT2D eigenvalue weighted by Gasteiger charge is 2.00. The molecule has 1 heterocycles. The smallest absolute Gasteiger partial charge is 0.110 e. The summed E-state index contributed by atoms with van der Waals surface area (Å²) < 4.78 is 0. The number of hydrogen-bond acceptors (Lipinski definition) is 1. The maximum Gasteiger partial charge on any atom is 0.110 e. The molecule has 1 aliphatic carbocycles. The van der Waals surface area contributed by atoms with E-state index in [0.29, 0.717) is 0 Å². The molecule has 8 heavy (non-hydrogen) atoms. The summed E-state index contributed by atoms with van der Waals surface area (Å²) in [6, 6.07) is 5.88. The standard InChI is InChI=1S/C5H5N3/c1-2-4-5(3-1)7-8-6-4/h1-3,6,8H. The molecule has 0 amide bonds. The van der Waals surface area contributed by atoms with E-state index in [1.807, 2.05) is 18.2 Å². The van der Waals surface area contributed by atoms with E-state index >= 15 is 0 Å². The molecule has 0 aromatic heterocycles. The Kier molecular flexibility index (Phi) is 0.521. The van der Waals surface area contributed by atoms with E-state index in [1.165, 1.54) is 0 Å². The van der Waals surface area contributed by atoms with Crippen molar-refractivity contribution in [3.8, 4) is 11.4 Å². The van der Waals surface area contributed by atoms with E-state index < -0.39 is 0 Å². The van der Waals surface area contributed by atoms with Crippen LogP contribution < -0.4 is 0 Å². The number of fused-ring (bicyclic) bond motifs is 1. The van der Waals surface area contributed by atoms with E-state index in [2.05, 4.69) is 15.4 Å². The Morgan fingerprint density at radius 3 is 3.25 bits per heavy atom. The summed E-state index contributed by atoms with van der Waals surface area (Å²) >= 11 is 0. The minimum atomic E-state index is 0.991. The summed E-state index contributed by atoms with van der Waals surface area (Å²) in [5.41, 5.74) is 2.05. The van der Waals surface area contributed by atoms with Crippen molar-refractivity contribution in [3.63, 3.8) is 0 Å². The largest absolute Gasteiger partial charge is 0.283 e. The van der Waals surface area contributed by atoms with Gasteiger partial charge in [-0.1, -0.05) is 6.07 Å². The molecule has 3 heteroatoms. The van der Waals surface area contributed by atoms with Gasteiger partial charge in [-0.25, -0.2) is 5.21 Å². The molecule has 0 aromatic rings. The Labute approximate surface area is 46.0 Å². The van der Waals surface area contributed by atoms with Gasteiger partial charge in [0.2, 0.25) is 0 Å². The molecule has 0 fully saturated rings. The fraction of sp³-hybridized carbons (Fsp3) is 0. The third kappa shape index (κ3) is 0.307. The van der Waals surface area contributed by atoms with E-state index in [0.717, 1.165) is 11.4 Å². The monoisotopic (exact) mass is 107 g/mol. The average molecular weight is 107 g/mol. The number of nitrogens with zero attached hydrogens (tertiary/aromatic N) is 1. The van der Waals surface area contributed by atoms with Crippen molar-refractivity contribution in [2.75, 3.05) is 0 Å². The molecule has 2 aliphatic rings. The van der Waals surface area contributed by atoms with Gasteiger partial charge in [0.25, 0.3) is 0 Å². The maximum atomic E-state index is 3.90. The Morgan fingerprint density at radius 2 is 2.38 bits per heavy atom. The Bertz CT molecular complexity index is 199. The highest BCUT2D eigenvalue weighted by molar-refractivity contribution is 5.55. The van der Waals surface area contributed by atoms with Crippen molar-refractivity contribution in [1.82, 2.24) is 15.4 Å². The lowest BCUT2D eigenvalue weighted by Gasteiger charge is -1.74. The number of aromatic amines is 2. The predicted octanol–water partition coefficient (Wildman–Crippen LogP) is 0.843. The summed E-state index contributed by atoms with van der Waals surface area (Å²) in [6.45, 7) is 0. The normalized spacial score (nSPS) is 10.5. The van der Waals surface area contributed by atoms with Gasteiger partial charge in [-0.2, -0.15) is 5.10 Å². The SMILES string of the molecule is c1cc2n[nH][nH]c-2c1. The second-order valence-corrected chi connectivity index (χ2v) is 1.67. The van der Waals surface area contributed by atoms with Gasteiger partial charge in [0.1, 0.15) is 5.69 Å². The Morgan fingerprint density at radius 1 is 1.38 bits per heavy atom. The van der Waals surface area contributed by atoms with E-state index in [9.17, 15) is 0 Å². The third-order valence-electron chi connectivity index (χ3n) is 1.16. The number of aromatic nitrogens is 3. The first-order valence-corrected chi connectivity index (χ1v) is 2.44. The van der Waals surface area contributed by atoms with E-state index in [4.69, 9.17) is 0 Å². The lowest BCUT2D eigenvalue weighted by Crippen LogP contribution is -1.63. The molecule has 0 atom stereocenters. The van der Waals surface area contributed by atoms with Gasteiger partial charge in [0.15, 0.2) is 0 Å².